The standard InChI is InChI=1S/C44H76NO11P/c1-3-5-7-9-11-13-14-15-16-17-18-20-22-24-29-33-42(46)52-35-38(36-53-57(50,51)54-37-39(45)44(48)49)55-43(47)34-30-26-25-28-32-41-40(56-41)31-27-23-21-19-12-10-8-6-4-2/h6,8,12,19,23,25,27-28,38-41H,3-5,7,9-11,13-18,20-22,24,26,29-37,45H2,1-2H3,(H,48,49)(H,50,51)/b8-6-,19-12-,27-23-,28-25-. The van der Waals surface area contributed by atoms with Crippen LogP contribution in [0.4, 0.5) is 0 Å². The van der Waals surface area contributed by atoms with Gasteiger partial charge in [-0.05, 0) is 51.4 Å². The lowest BCUT2D eigenvalue weighted by Gasteiger charge is -2.20. The molecule has 0 aliphatic carbocycles. The molecule has 0 aromatic heterocycles. The molecule has 0 aromatic carbocycles. The Morgan fingerprint density at radius 1 is 0.649 bits per heavy atom. The number of unbranched alkanes of at least 4 members (excludes halogenated alkanes) is 15. The second kappa shape index (κ2) is 35.4. The Morgan fingerprint density at radius 2 is 1.14 bits per heavy atom. The van der Waals surface area contributed by atoms with E-state index in [9.17, 15) is 23.8 Å². The summed E-state index contributed by atoms with van der Waals surface area (Å²) in [6.07, 6.45) is 40.6. The SMILES string of the molecule is CC/C=C\C/C=C\C/C=C\CC1OC1C/C=C\CCCC(=O)OC(COC(=O)CCCCCCCCCCCCCCCCC)COP(=O)(O)OCC(N)C(=O)O. The highest BCUT2D eigenvalue weighted by Crippen LogP contribution is 2.43. The van der Waals surface area contributed by atoms with Gasteiger partial charge in [-0.1, -0.05) is 152 Å². The second-order valence-corrected chi connectivity index (χ2v) is 16.3. The van der Waals surface area contributed by atoms with Crippen LogP contribution in [0.2, 0.25) is 0 Å². The summed E-state index contributed by atoms with van der Waals surface area (Å²) < 4.78 is 38.4. The van der Waals surface area contributed by atoms with Crippen molar-refractivity contribution in [1.82, 2.24) is 0 Å². The summed E-state index contributed by atoms with van der Waals surface area (Å²) in [7, 11) is -4.74. The van der Waals surface area contributed by atoms with Crippen molar-refractivity contribution in [3.05, 3.63) is 48.6 Å². The van der Waals surface area contributed by atoms with Gasteiger partial charge in [0.15, 0.2) is 6.10 Å². The molecule has 0 spiro atoms. The number of carbonyl (C=O) groups is 3. The molecular weight excluding hydrogens is 749 g/mol. The minimum absolute atomic E-state index is 0.0748. The average molecular weight is 826 g/mol. The quantitative estimate of drug-likeness (QED) is 0.0175. The summed E-state index contributed by atoms with van der Waals surface area (Å²) in [5, 5.41) is 8.89. The average Bonchev–Trinajstić information content (AvgIpc) is 3.94. The molecule has 0 saturated carbocycles. The van der Waals surface area contributed by atoms with E-state index in [0.717, 1.165) is 51.4 Å². The third-order valence-corrected chi connectivity index (χ3v) is 10.4. The summed E-state index contributed by atoms with van der Waals surface area (Å²) in [5.41, 5.74) is 5.33. The van der Waals surface area contributed by atoms with E-state index >= 15 is 0 Å². The number of hydrogen-bond donors (Lipinski definition) is 3. The molecule has 5 unspecified atom stereocenters. The maximum Gasteiger partial charge on any atom is 0.472 e. The smallest absolute Gasteiger partial charge is 0.472 e. The predicted molar refractivity (Wildman–Crippen MR) is 226 cm³/mol. The van der Waals surface area contributed by atoms with Crippen LogP contribution >= 0.6 is 7.82 Å². The number of nitrogens with two attached hydrogens (primary N) is 1. The summed E-state index contributed by atoms with van der Waals surface area (Å²) >= 11 is 0. The molecule has 0 radical (unpaired) electrons. The number of carbonyl (C=O) groups excluding carboxylic acids is 2. The third kappa shape index (κ3) is 33.0. The Labute approximate surface area is 343 Å². The van der Waals surface area contributed by atoms with Gasteiger partial charge in [0.25, 0.3) is 0 Å². The van der Waals surface area contributed by atoms with E-state index in [2.05, 4.69) is 60.9 Å². The first-order valence-corrected chi connectivity index (χ1v) is 23.3. The van der Waals surface area contributed by atoms with Crippen LogP contribution < -0.4 is 5.73 Å². The molecule has 5 atom stereocenters. The lowest BCUT2D eigenvalue weighted by Crippen LogP contribution is -2.34. The summed E-state index contributed by atoms with van der Waals surface area (Å²) in [6.45, 7) is 2.62. The highest BCUT2D eigenvalue weighted by atomic mass is 31.2. The number of hydrogen-bond acceptors (Lipinski definition) is 10. The van der Waals surface area contributed by atoms with Crippen molar-refractivity contribution < 1.29 is 52.2 Å². The molecule has 13 heteroatoms. The lowest BCUT2D eigenvalue weighted by atomic mass is 10.0. The monoisotopic (exact) mass is 826 g/mol. The molecule has 57 heavy (non-hydrogen) atoms. The minimum Gasteiger partial charge on any atom is -0.480 e. The zero-order valence-electron chi connectivity index (χ0n) is 35.1. The Morgan fingerprint density at radius 3 is 1.70 bits per heavy atom. The number of esters is 2. The first kappa shape index (κ1) is 52.4. The molecule has 12 nitrogen and oxygen atoms in total. The van der Waals surface area contributed by atoms with E-state index < -0.39 is 51.1 Å². The number of carboxylic acids is 1. The fourth-order valence-corrected chi connectivity index (χ4v) is 6.74. The maximum absolute atomic E-state index is 12.6. The Balaban J connectivity index is 2.33. The molecular formula is C44H76NO11P. The van der Waals surface area contributed by atoms with Crippen molar-refractivity contribution in [2.45, 2.75) is 192 Å². The number of carboxylic acid groups (broad SMARTS) is 1. The van der Waals surface area contributed by atoms with Crippen LogP contribution in [0.15, 0.2) is 48.6 Å². The highest BCUT2D eigenvalue weighted by molar-refractivity contribution is 7.47. The number of ether oxygens (including phenoxy) is 3. The first-order valence-electron chi connectivity index (χ1n) is 21.8. The van der Waals surface area contributed by atoms with Gasteiger partial charge in [0.1, 0.15) is 12.6 Å². The van der Waals surface area contributed by atoms with Gasteiger partial charge in [0.2, 0.25) is 0 Å². The molecule has 0 aromatic rings. The summed E-state index contributed by atoms with van der Waals surface area (Å²) in [5.74, 6) is -2.46. The number of epoxide rings is 1. The number of allylic oxidation sites excluding steroid dienone is 6. The number of aliphatic carboxylic acids is 1. The Kier molecular flexibility index (Phi) is 32.5. The van der Waals surface area contributed by atoms with Crippen LogP contribution in [0, 0.1) is 0 Å². The molecule has 0 amide bonds. The number of phosphoric ester groups is 1. The van der Waals surface area contributed by atoms with E-state index in [-0.39, 0.29) is 31.7 Å². The van der Waals surface area contributed by atoms with Gasteiger partial charge in [-0.25, -0.2) is 4.57 Å². The zero-order valence-corrected chi connectivity index (χ0v) is 36.0. The normalized spacial score (nSPS) is 17.8. The largest absolute Gasteiger partial charge is 0.480 e. The molecule has 1 rings (SSSR count). The van der Waals surface area contributed by atoms with Crippen LogP contribution in [0.5, 0.6) is 0 Å². The summed E-state index contributed by atoms with van der Waals surface area (Å²) in [6, 6.07) is -1.53. The van der Waals surface area contributed by atoms with Crippen LogP contribution in [0.3, 0.4) is 0 Å². The van der Waals surface area contributed by atoms with Gasteiger partial charge in [0.05, 0.1) is 25.4 Å². The topological polar surface area (TPSA) is 184 Å². The molecule has 4 N–H and O–H groups in total. The highest BCUT2D eigenvalue weighted by Gasteiger charge is 2.36. The summed E-state index contributed by atoms with van der Waals surface area (Å²) in [4.78, 5) is 46.0. The van der Waals surface area contributed by atoms with Crippen LogP contribution in [-0.2, 0) is 42.2 Å². The van der Waals surface area contributed by atoms with Gasteiger partial charge in [-0.3, -0.25) is 23.4 Å². The minimum atomic E-state index is -4.74. The Bertz CT molecular complexity index is 1220. The van der Waals surface area contributed by atoms with Crippen molar-refractivity contribution in [3.63, 3.8) is 0 Å². The van der Waals surface area contributed by atoms with Gasteiger partial charge in [-0.15, -0.1) is 0 Å². The molecule has 328 valence electrons. The Hall–Kier alpha value is -2.60. The van der Waals surface area contributed by atoms with Crippen LogP contribution in [-0.4, -0.2) is 72.1 Å². The third-order valence-electron chi connectivity index (χ3n) is 9.49. The van der Waals surface area contributed by atoms with Crippen molar-refractivity contribution in [3.8, 4) is 0 Å². The molecule has 1 aliphatic heterocycles. The molecule has 1 heterocycles. The van der Waals surface area contributed by atoms with Crippen molar-refractivity contribution in [2.75, 3.05) is 19.8 Å². The molecule has 1 saturated heterocycles. The van der Waals surface area contributed by atoms with Crippen LogP contribution in [0.1, 0.15) is 168 Å². The predicted octanol–water partition coefficient (Wildman–Crippen LogP) is 10.4. The lowest BCUT2D eigenvalue weighted by molar-refractivity contribution is -0.161. The van der Waals surface area contributed by atoms with Crippen molar-refractivity contribution >= 4 is 25.7 Å². The van der Waals surface area contributed by atoms with E-state index in [4.69, 9.17) is 29.6 Å². The molecule has 0 bridgehead atoms. The maximum atomic E-state index is 12.6. The van der Waals surface area contributed by atoms with E-state index in [1.54, 1.807) is 0 Å². The van der Waals surface area contributed by atoms with E-state index in [1.165, 1.54) is 70.6 Å². The molecule has 1 fully saturated rings. The fourth-order valence-electron chi connectivity index (χ4n) is 5.97. The van der Waals surface area contributed by atoms with Crippen molar-refractivity contribution in [2.24, 2.45) is 5.73 Å². The second-order valence-electron chi connectivity index (χ2n) is 14.8. The number of phosphoric acid groups is 1. The first-order chi connectivity index (χ1) is 27.6. The zero-order chi connectivity index (χ0) is 41.8. The van der Waals surface area contributed by atoms with Gasteiger partial charge in [-0.2, -0.15) is 0 Å². The fraction of sp³-hybridized carbons (Fsp3) is 0.750. The van der Waals surface area contributed by atoms with Gasteiger partial charge in [0, 0.05) is 12.8 Å². The van der Waals surface area contributed by atoms with Crippen molar-refractivity contribution in [1.29, 1.82) is 0 Å². The number of rotatable bonds is 39. The van der Waals surface area contributed by atoms with Gasteiger partial charge >= 0.3 is 25.7 Å². The van der Waals surface area contributed by atoms with Gasteiger partial charge < -0.3 is 29.9 Å². The van der Waals surface area contributed by atoms with E-state index in [0.29, 0.717) is 19.3 Å². The van der Waals surface area contributed by atoms with E-state index in [1.807, 2.05) is 6.08 Å². The van der Waals surface area contributed by atoms with Crippen LogP contribution in [0.25, 0.3) is 0 Å². The molecule has 1 aliphatic rings.